The number of ether oxygens (including phenoxy) is 1. The zero-order valence-electron chi connectivity index (χ0n) is 24.5. The SMILES string of the molecule is C=CC(=O)Nc1cccc(Nc2nc(Nc3ccc(OCCCCSC(=S)N4CCN(C(C)C)CC4)cc3)ncc2F)c1. The number of amides is 1. The molecule has 0 unspecified atom stereocenters. The molecule has 1 aliphatic heterocycles. The summed E-state index contributed by atoms with van der Waals surface area (Å²) in [6.07, 6.45) is 4.24. The van der Waals surface area contributed by atoms with E-state index in [1.54, 1.807) is 36.0 Å². The summed E-state index contributed by atoms with van der Waals surface area (Å²) in [5.41, 5.74) is 1.82. The molecule has 1 fully saturated rings. The van der Waals surface area contributed by atoms with Gasteiger partial charge in [-0.25, -0.2) is 9.37 Å². The molecule has 0 bridgehead atoms. The van der Waals surface area contributed by atoms with Crippen molar-refractivity contribution in [2.45, 2.75) is 32.7 Å². The zero-order chi connectivity index (χ0) is 30.6. The largest absolute Gasteiger partial charge is 0.494 e. The molecule has 43 heavy (non-hydrogen) atoms. The highest BCUT2D eigenvalue weighted by Crippen LogP contribution is 2.24. The quantitative estimate of drug-likeness (QED) is 0.112. The number of benzene rings is 2. The van der Waals surface area contributed by atoms with Crippen molar-refractivity contribution in [3.63, 3.8) is 0 Å². The first-order chi connectivity index (χ1) is 20.8. The van der Waals surface area contributed by atoms with Crippen LogP contribution in [-0.2, 0) is 4.79 Å². The molecule has 0 saturated carbocycles. The molecule has 1 amide bonds. The second kappa shape index (κ2) is 16.2. The third-order valence-electron chi connectivity index (χ3n) is 6.77. The van der Waals surface area contributed by atoms with E-state index in [1.807, 2.05) is 24.3 Å². The number of carbonyl (C=O) groups is 1. The normalized spacial score (nSPS) is 13.4. The number of piperazine rings is 1. The van der Waals surface area contributed by atoms with Gasteiger partial charge in [0.15, 0.2) is 11.6 Å². The van der Waals surface area contributed by atoms with E-state index in [0.29, 0.717) is 24.0 Å². The Morgan fingerprint density at radius 3 is 2.56 bits per heavy atom. The Labute approximate surface area is 262 Å². The maximum absolute atomic E-state index is 14.4. The summed E-state index contributed by atoms with van der Waals surface area (Å²) in [6.45, 7) is 12.7. The third-order valence-corrected chi connectivity index (χ3v) is 8.38. The summed E-state index contributed by atoms with van der Waals surface area (Å²) in [5, 5.41) is 8.68. The predicted molar refractivity (Wildman–Crippen MR) is 178 cm³/mol. The van der Waals surface area contributed by atoms with Crippen LogP contribution in [0, 0.1) is 5.82 Å². The van der Waals surface area contributed by atoms with Crippen molar-refractivity contribution in [1.29, 1.82) is 0 Å². The Morgan fingerprint density at radius 2 is 1.84 bits per heavy atom. The molecule has 3 aromatic rings. The van der Waals surface area contributed by atoms with Crippen LogP contribution < -0.4 is 20.7 Å². The van der Waals surface area contributed by atoms with Crippen LogP contribution in [0.5, 0.6) is 5.75 Å². The molecule has 0 atom stereocenters. The molecular formula is C31H38FN7O2S2. The van der Waals surface area contributed by atoms with E-state index >= 15 is 0 Å². The highest BCUT2D eigenvalue weighted by Gasteiger charge is 2.20. The second-order valence-electron chi connectivity index (χ2n) is 10.2. The standard InChI is InChI=1S/C31H38FN7O2S2/c1-4-28(40)34-24-8-7-9-25(20-24)35-29-27(32)21-33-30(37-29)36-23-10-12-26(13-11-23)41-18-5-6-19-43-31(42)39-16-14-38(15-17-39)22(2)3/h4,7-13,20-22H,1,5-6,14-19H2,2-3H3,(H,34,40)(H2,33,35,36,37). The number of hydrogen-bond donors (Lipinski definition) is 3. The van der Waals surface area contributed by atoms with Gasteiger partial charge in [-0.05, 0) is 75.2 Å². The van der Waals surface area contributed by atoms with Crippen LogP contribution in [0.1, 0.15) is 26.7 Å². The van der Waals surface area contributed by atoms with Gasteiger partial charge >= 0.3 is 0 Å². The number of rotatable bonds is 13. The Balaban J connectivity index is 1.18. The minimum atomic E-state index is -0.612. The molecule has 0 radical (unpaired) electrons. The maximum atomic E-state index is 14.4. The summed E-state index contributed by atoms with van der Waals surface area (Å²) in [4.78, 5) is 24.7. The topological polar surface area (TPSA) is 94.6 Å². The first kappa shape index (κ1) is 32.2. The molecule has 9 nitrogen and oxygen atoms in total. The maximum Gasteiger partial charge on any atom is 0.247 e. The summed E-state index contributed by atoms with van der Waals surface area (Å²) in [6, 6.07) is 14.9. The second-order valence-corrected chi connectivity index (χ2v) is 12.0. The number of nitrogens with one attached hydrogen (secondary N) is 3. The zero-order valence-corrected chi connectivity index (χ0v) is 26.1. The molecule has 12 heteroatoms. The first-order valence-electron chi connectivity index (χ1n) is 14.3. The molecule has 228 valence electrons. The fraction of sp³-hybridized carbons (Fsp3) is 0.355. The van der Waals surface area contributed by atoms with E-state index in [9.17, 15) is 9.18 Å². The Kier molecular flexibility index (Phi) is 12.1. The average Bonchev–Trinajstić information content (AvgIpc) is 3.01. The van der Waals surface area contributed by atoms with E-state index in [4.69, 9.17) is 17.0 Å². The number of aromatic nitrogens is 2. The van der Waals surface area contributed by atoms with Gasteiger partial charge in [-0.2, -0.15) is 4.98 Å². The van der Waals surface area contributed by atoms with Crippen LogP contribution >= 0.6 is 24.0 Å². The minimum Gasteiger partial charge on any atom is -0.494 e. The molecule has 2 heterocycles. The molecule has 1 saturated heterocycles. The smallest absolute Gasteiger partial charge is 0.247 e. The van der Waals surface area contributed by atoms with Gasteiger partial charge in [0.1, 0.15) is 10.1 Å². The van der Waals surface area contributed by atoms with Crippen molar-refractivity contribution in [3.05, 3.63) is 73.2 Å². The molecule has 3 N–H and O–H groups in total. The van der Waals surface area contributed by atoms with Crippen molar-refractivity contribution < 1.29 is 13.9 Å². The van der Waals surface area contributed by atoms with Crippen LogP contribution in [0.3, 0.4) is 0 Å². The van der Waals surface area contributed by atoms with Crippen LogP contribution in [0.2, 0.25) is 0 Å². The lowest BCUT2D eigenvalue weighted by molar-refractivity contribution is -0.111. The number of halogens is 1. The van der Waals surface area contributed by atoms with Gasteiger partial charge < -0.3 is 25.6 Å². The number of hydrogen-bond acceptors (Lipinski definition) is 9. The molecule has 0 aliphatic carbocycles. The van der Waals surface area contributed by atoms with Crippen LogP contribution in [-0.4, -0.2) is 74.6 Å². The van der Waals surface area contributed by atoms with Crippen molar-refractivity contribution >= 4 is 63.0 Å². The fourth-order valence-corrected chi connectivity index (χ4v) is 5.67. The average molecular weight is 624 g/mol. The van der Waals surface area contributed by atoms with Crippen molar-refractivity contribution in [2.24, 2.45) is 0 Å². The fourth-order valence-electron chi connectivity index (χ4n) is 4.35. The van der Waals surface area contributed by atoms with Crippen LogP contribution in [0.4, 0.5) is 33.2 Å². The highest BCUT2D eigenvalue weighted by molar-refractivity contribution is 8.22. The van der Waals surface area contributed by atoms with Crippen molar-refractivity contribution in [3.8, 4) is 5.75 Å². The van der Waals surface area contributed by atoms with Gasteiger partial charge in [0, 0.05) is 55.0 Å². The van der Waals surface area contributed by atoms with Gasteiger partial charge in [-0.1, -0.05) is 36.6 Å². The Bertz CT molecular complexity index is 1380. The van der Waals surface area contributed by atoms with Gasteiger partial charge in [-0.3, -0.25) is 9.69 Å². The lowest BCUT2D eigenvalue weighted by atomic mass is 10.2. The molecule has 1 aromatic heterocycles. The molecule has 2 aromatic carbocycles. The molecule has 4 rings (SSSR count). The molecule has 1 aliphatic rings. The van der Waals surface area contributed by atoms with Gasteiger partial charge in [-0.15, -0.1) is 0 Å². The summed E-state index contributed by atoms with van der Waals surface area (Å²) >= 11 is 7.41. The minimum absolute atomic E-state index is 0.00252. The number of carbonyl (C=O) groups excluding carboxylic acids is 1. The van der Waals surface area contributed by atoms with Crippen molar-refractivity contribution in [2.75, 3.05) is 54.5 Å². The van der Waals surface area contributed by atoms with Crippen LogP contribution in [0.25, 0.3) is 0 Å². The van der Waals surface area contributed by atoms with E-state index in [2.05, 4.69) is 56.1 Å². The van der Waals surface area contributed by atoms with Crippen molar-refractivity contribution in [1.82, 2.24) is 19.8 Å². The summed E-state index contributed by atoms with van der Waals surface area (Å²) in [7, 11) is 0. The number of anilines is 5. The van der Waals surface area contributed by atoms with Gasteiger partial charge in [0.05, 0.1) is 12.8 Å². The van der Waals surface area contributed by atoms with E-state index < -0.39 is 5.82 Å². The molecular weight excluding hydrogens is 586 g/mol. The lowest BCUT2D eigenvalue weighted by Gasteiger charge is -2.37. The highest BCUT2D eigenvalue weighted by atomic mass is 32.2. The predicted octanol–water partition coefficient (Wildman–Crippen LogP) is 6.43. The van der Waals surface area contributed by atoms with Crippen LogP contribution in [0.15, 0.2) is 67.4 Å². The third kappa shape index (κ3) is 10.2. The van der Waals surface area contributed by atoms with E-state index in [0.717, 1.165) is 66.7 Å². The monoisotopic (exact) mass is 623 g/mol. The summed E-state index contributed by atoms with van der Waals surface area (Å²) in [5.74, 6) is 1.03. The van der Waals surface area contributed by atoms with E-state index in [1.165, 1.54) is 6.08 Å². The molecule has 0 spiro atoms. The number of nitrogens with zero attached hydrogens (tertiary/aromatic N) is 4. The first-order valence-corrected chi connectivity index (χ1v) is 15.7. The Hall–Kier alpha value is -3.74. The summed E-state index contributed by atoms with van der Waals surface area (Å²) < 4.78 is 21.3. The van der Waals surface area contributed by atoms with E-state index in [-0.39, 0.29) is 17.7 Å². The van der Waals surface area contributed by atoms with Gasteiger partial charge in [0.2, 0.25) is 11.9 Å². The number of thiocarbonyl (C=S) groups is 1. The van der Waals surface area contributed by atoms with Gasteiger partial charge in [0.25, 0.3) is 0 Å². The number of thioether (sulfide) groups is 1. The Morgan fingerprint density at radius 1 is 1.09 bits per heavy atom. The lowest BCUT2D eigenvalue weighted by Crippen LogP contribution is -2.49. The number of unbranched alkanes of at least 4 members (excludes halogenated alkanes) is 1.